The van der Waals surface area contributed by atoms with Crippen LogP contribution in [0, 0.1) is 0 Å². The number of alkyl halides is 6. The fourth-order valence-corrected chi connectivity index (χ4v) is 2.34. The Kier molecular flexibility index (Phi) is 5.43. The fraction of sp³-hybridized carbons (Fsp3) is 0.467. The van der Waals surface area contributed by atoms with Gasteiger partial charge in [-0.3, -0.25) is 9.69 Å². The van der Waals surface area contributed by atoms with Crippen LogP contribution >= 0.6 is 0 Å². The van der Waals surface area contributed by atoms with E-state index in [1.807, 2.05) is 0 Å². The number of aliphatic imine (C=N–C) groups is 1. The average molecular weight is 416 g/mol. The van der Waals surface area contributed by atoms with Crippen LogP contribution in [0.25, 0.3) is 0 Å². The first-order valence-electron chi connectivity index (χ1n) is 7.38. The lowest BCUT2D eigenvalue weighted by molar-refractivity contribution is -0.390. The van der Waals surface area contributed by atoms with Gasteiger partial charge in [0.1, 0.15) is 17.2 Å². The summed E-state index contributed by atoms with van der Waals surface area (Å²) in [6.07, 6.45) is -6.28. The molecular formula is C15H14F6N2O5. The Morgan fingerprint density at radius 1 is 1.11 bits per heavy atom. The van der Waals surface area contributed by atoms with Crippen LogP contribution < -0.4 is 14.4 Å². The van der Waals surface area contributed by atoms with E-state index in [1.54, 1.807) is 0 Å². The Balaban J connectivity index is 2.63. The molecule has 0 saturated carbocycles. The number of methoxy groups -OCH3 is 2. The van der Waals surface area contributed by atoms with Gasteiger partial charge in [0, 0.05) is 12.6 Å². The quantitative estimate of drug-likeness (QED) is 0.743. The maximum atomic E-state index is 14.2. The number of carbonyl (C=O) groups excluding carboxylic acids is 1. The van der Waals surface area contributed by atoms with Crippen LogP contribution in [0.5, 0.6) is 11.5 Å². The molecule has 2 rings (SSSR count). The number of carbonyl (C=O) groups is 1. The third kappa shape index (κ3) is 3.41. The summed E-state index contributed by atoms with van der Waals surface area (Å²) in [7, 11) is 3.29. The molecule has 1 unspecified atom stereocenters. The molecule has 0 fully saturated rings. The Hall–Kier alpha value is -2.70. The second-order valence-corrected chi connectivity index (χ2v) is 5.56. The molecule has 1 aliphatic rings. The number of anilines is 1. The Morgan fingerprint density at radius 3 is 1.96 bits per heavy atom. The molecule has 0 spiro atoms. The summed E-state index contributed by atoms with van der Waals surface area (Å²) in [6.45, 7) is -0.374. The molecule has 7 nitrogen and oxygen atoms in total. The van der Waals surface area contributed by atoms with Crippen molar-refractivity contribution in [3.8, 4) is 11.5 Å². The molecule has 0 aliphatic carbocycles. The van der Waals surface area contributed by atoms with Crippen molar-refractivity contribution >= 4 is 17.6 Å². The average Bonchev–Trinajstić information content (AvgIpc) is 3.05. The number of benzene rings is 1. The van der Waals surface area contributed by atoms with E-state index in [4.69, 9.17) is 19.3 Å². The zero-order valence-corrected chi connectivity index (χ0v) is 14.6. The molecule has 1 aliphatic heterocycles. The minimum absolute atomic E-state index is 0.146. The molecule has 1 N–H and O–H groups in total. The number of nitrogens with zero attached hydrogens (tertiary/aromatic N) is 2. The van der Waals surface area contributed by atoms with Gasteiger partial charge in [0.15, 0.2) is 6.61 Å². The lowest BCUT2D eigenvalue weighted by atomic mass is 9.99. The molecule has 156 valence electrons. The van der Waals surface area contributed by atoms with Crippen molar-refractivity contribution in [1.29, 1.82) is 0 Å². The second kappa shape index (κ2) is 7.04. The van der Waals surface area contributed by atoms with Gasteiger partial charge in [-0.25, -0.2) is 0 Å². The van der Waals surface area contributed by atoms with E-state index in [-0.39, 0.29) is 18.3 Å². The maximum Gasteiger partial charge on any atom is 0.455 e. The van der Waals surface area contributed by atoms with E-state index in [0.717, 1.165) is 19.1 Å². The summed E-state index contributed by atoms with van der Waals surface area (Å²) in [5, 5.41) is 8.83. The third-order valence-corrected chi connectivity index (χ3v) is 3.80. The molecule has 1 heterocycles. The van der Waals surface area contributed by atoms with Crippen molar-refractivity contribution in [2.24, 2.45) is 4.99 Å². The van der Waals surface area contributed by atoms with E-state index in [9.17, 15) is 31.1 Å². The second-order valence-electron chi connectivity index (χ2n) is 5.56. The molecule has 13 heteroatoms. The lowest BCUT2D eigenvalue weighted by Gasteiger charge is -2.31. The standard InChI is InChI=1S/C15H14F6N2O5/c1-23(12-22-10(24)6-28-12)11-8(26-2)4-7(5-9(11)27-3)13(16,17)14(18,25)15(19,20)21/h4-5,25H,6H2,1-3H3. The van der Waals surface area contributed by atoms with E-state index in [2.05, 4.69) is 4.99 Å². The van der Waals surface area contributed by atoms with Crippen molar-refractivity contribution in [3.05, 3.63) is 17.7 Å². The van der Waals surface area contributed by atoms with Gasteiger partial charge in [-0.2, -0.15) is 31.3 Å². The van der Waals surface area contributed by atoms with Gasteiger partial charge < -0.3 is 19.3 Å². The third-order valence-electron chi connectivity index (χ3n) is 3.80. The fourth-order valence-electron chi connectivity index (χ4n) is 2.34. The number of hydrogen-bond acceptors (Lipinski definition) is 6. The van der Waals surface area contributed by atoms with Crippen LogP contribution in [0.4, 0.5) is 32.0 Å². The number of amidine groups is 1. The smallest absolute Gasteiger partial charge is 0.455 e. The highest BCUT2D eigenvalue weighted by Gasteiger charge is 2.71. The number of rotatable bonds is 5. The molecule has 0 saturated heterocycles. The summed E-state index contributed by atoms with van der Waals surface area (Å²) in [4.78, 5) is 15.8. The highest BCUT2D eigenvalue weighted by molar-refractivity contribution is 6.05. The summed E-state index contributed by atoms with van der Waals surface area (Å²) in [6, 6.07) is 0.530. The predicted molar refractivity (Wildman–Crippen MR) is 82.3 cm³/mol. The van der Waals surface area contributed by atoms with Gasteiger partial charge in [0.05, 0.1) is 14.2 Å². The Bertz CT molecular complexity index is 784. The topological polar surface area (TPSA) is 80.6 Å². The van der Waals surface area contributed by atoms with Crippen LogP contribution in [0.15, 0.2) is 17.1 Å². The minimum Gasteiger partial charge on any atom is -0.494 e. The van der Waals surface area contributed by atoms with Crippen LogP contribution in [-0.2, 0) is 15.5 Å². The first-order valence-corrected chi connectivity index (χ1v) is 7.38. The monoisotopic (exact) mass is 416 g/mol. The molecule has 1 atom stereocenters. The van der Waals surface area contributed by atoms with Crippen molar-refractivity contribution < 1.29 is 50.5 Å². The molecule has 0 aromatic heterocycles. The zero-order chi connectivity index (χ0) is 21.5. The number of aliphatic hydroxyl groups is 1. The van der Waals surface area contributed by atoms with Gasteiger partial charge >= 0.3 is 18.0 Å². The van der Waals surface area contributed by atoms with E-state index in [1.165, 1.54) is 7.05 Å². The normalized spacial score (nSPS) is 16.9. The van der Waals surface area contributed by atoms with Crippen molar-refractivity contribution in [2.75, 3.05) is 32.8 Å². The number of halogens is 6. The summed E-state index contributed by atoms with van der Waals surface area (Å²) in [5.74, 6) is -12.9. The number of amides is 1. The van der Waals surface area contributed by atoms with Gasteiger partial charge in [0.25, 0.3) is 11.9 Å². The van der Waals surface area contributed by atoms with Gasteiger partial charge in [-0.05, 0) is 12.1 Å². The highest BCUT2D eigenvalue weighted by Crippen LogP contribution is 2.52. The van der Waals surface area contributed by atoms with E-state index < -0.39 is 40.9 Å². The highest BCUT2D eigenvalue weighted by atomic mass is 19.4. The van der Waals surface area contributed by atoms with Crippen LogP contribution in [-0.4, -0.2) is 56.9 Å². The molecule has 1 aromatic carbocycles. The van der Waals surface area contributed by atoms with Crippen LogP contribution in [0.3, 0.4) is 0 Å². The van der Waals surface area contributed by atoms with Crippen LogP contribution in [0.1, 0.15) is 5.56 Å². The number of hydrogen-bond donors (Lipinski definition) is 1. The van der Waals surface area contributed by atoms with Crippen molar-refractivity contribution in [1.82, 2.24) is 0 Å². The SMILES string of the molecule is COc1cc(C(F)(F)C(O)(F)C(F)(F)F)cc(OC)c1N(C)C1=NC(=O)CO1. The van der Waals surface area contributed by atoms with Crippen molar-refractivity contribution in [3.63, 3.8) is 0 Å². The van der Waals surface area contributed by atoms with E-state index in [0.29, 0.717) is 12.1 Å². The first-order chi connectivity index (χ1) is 12.8. The zero-order valence-electron chi connectivity index (χ0n) is 14.6. The molecule has 1 amide bonds. The summed E-state index contributed by atoms with van der Waals surface area (Å²) in [5.41, 5.74) is -1.71. The van der Waals surface area contributed by atoms with Gasteiger partial charge in [0.2, 0.25) is 0 Å². The van der Waals surface area contributed by atoms with Gasteiger partial charge in [-0.1, -0.05) is 0 Å². The largest absolute Gasteiger partial charge is 0.494 e. The molecule has 1 aromatic rings. The van der Waals surface area contributed by atoms with Crippen molar-refractivity contribution in [2.45, 2.75) is 18.0 Å². The first kappa shape index (κ1) is 21.6. The molecule has 0 bridgehead atoms. The molecular weight excluding hydrogens is 402 g/mol. The molecule has 0 radical (unpaired) electrons. The Labute approximate surface area is 154 Å². The Morgan fingerprint density at radius 2 is 1.61 bits per heavy atom. The minimum atomic E-state index is -6.28. The summed E-state index contributed by atoms with van der Waals surface area (Å²) < 4.78 is 94.5. The molecule has 28 heavy (non-hydrogen) atoms. The van der Waals surface area contributed by atoms with Gasteiger partial charge in [-0.15, -0.1) is 0 Å². The predicted octanol–water partition coefficient (Wildman–Crippen LogP) is 2.37. The van der Waals surface area contributed by atoms with E-state index >= 15 is 0 Å². The van der Waals surface area contributed by atoms with Crippen LogP contribution in [0.2, 0.25) is 0 Å². The maximum absolute atomic E-state index is 14.2. The number of ether oxygens (including phenoxy) is 3. The summed E-state index contributed by atoms with van der Waals surface area (Å²) >= 11 is 0. The lowest BCUT2D eigenvalue weighted by Crippen LogP contribution is -2.53.